The second kappa shape index (κ2) is 16.9. The fourth-order valence-corrected chi connectivity index (χ4v) is 7.27. The lowest BCUT2D eigenvalue weighted by Crippen LogP contribution is -2.59. The van der Waals surface area contributed by atoms with Crippen LogP contribution < -0.4 is 21.7 Å². The van der Waals surface area contributed by atoms with Crippen molar-refractivity contribution < 1.29 is 9.47 Å². The third-order valence-corrected chi connectivity index (χ3v) is 9.91. The number of nitrogens with one attached hydrogen (secondary N) is 3. The standard InChI is InChI=1S/C42H49N7O2/c1-50-29-35-22-23-38(51-35)48-42-39(43)41(45-26-36(30-14-6-2-7-15-30)31-16-8-3-9-17-31)46-37(47-42)24-25-44-34-27-49(28-34)40(32-18-10-4-11-19-32)33-20-12-5-13-21-33/h2-21,34-36,38,40,44H,22-29,43H2,1H3,(H2,45,46,47,48). The molecule has 1 aromatic heterocycles. The summed E-state index contributed by atoms with van der Waals surface area (Å²) in [6.07, 6.45) is 2.30. The van der Waals surface area contributed by atoms with Crippen LogP contribution in [0.4, 0.5) is 17.3 Å². The normalized spacial score (nSPS) is 17.9. The van der Waals surface area contributed by atoms with Gasteiger partial charge in [-0.05, 0) is 35.1 Å². The molecule has 0 saturated carbocycles. The Morgan fingerprint density at radius 2 is 1.31 bits per heavy atom. The molecule has 5 aromatic rings. The molecule has 0 amide bonds. The van der Waals surface area contributed by atoms with Gasteiger partial charge in [-0.3, -0.25) is 4.90 Å². The van der Waals surface area contributed by atoms with E-state index in [9.17, 15) is 0 Å². The molecule has 2 fully saturated rings. The first-order valence-corrected chi connectivity index (χ1v) is 18.1. The largest absolute Gasteiger partial charge is 0.393 e. The molecular weight excluding hydrogens is 635 g/mol. The third kappa shape index (κ3) is 8.75. The molecule has 4 aromatic carbocycles. The number of nitrogens with zero attached hydrogens (tertiary/aromatic N) is 3. The zero-order chi connectivity index (χ0) is 34.8. The van der Waals surface area contributed by atoms with Crippen molar-refractivity contribution in [3.8, 4) is 0 Å². The molecule has 7 rings (SSSR count). The van der Waals surface area contributed by atoms with Crippen molar-refractivity contribution in [3.63, 3.8) is 0 Å². The molecule has 9 nitrogen and oxygen atoms in total. The van der Waals surface area contributed by atoms with E-state index in [1.165, 1.54) is 22.3 Å². The van der Waals surface area contributed by atoms with Crippen LogP contribution >= 0.6 is 0 Å². The van der Waals surface area contributed by atoms with Crippen LogP contribution in [0.3, 0.4) is 0 Å². The van der Waals surface area contributed by atoms with Crippen LogP contribution in [-0.4, -0.2) is 73.1 Å². The van der Waals surface area contributed by atoms with Gasteiger partial charge in [0.1, 0.15) is 17.7 Å². The number of aromatic nitrogens is 2. The molecule has 2 unspecified atom stereocenters. The van der Waals surface area contributed by atoms with Gasteiger partial charge in [0, 0.05) is 51.7 Å². The summed E-state index contributed by atoms with van der Waals surface area (Å²) in [5.41, 5.74) is 12.4. The number of benzene rings is 4. The van der Waals surface area contributed by atoms with E-state index in [1.54, 1.807) is 7.11 Å². The lowest BCUT2D eigenvalue weighted by atomic mass is 9.91. The molecular formula is C42H49N7O2. The van der Waals surface area contributed by atoms with Crippen LogP contribution in [0, 0.1) is 0 Å². The Bertz CT molecular complexity index is 1710. The van der Waals surface area contributed by atoms with E-state index in [-0.39, 0.29) is 24.3 Å². The van der Waals surface area contributed by atoms with Crippen molar-refractivity contribution in [2.24, 2.45) is 0 Å². The molecule has 2 saturated heterocycles. The minimum Gasteiger partial charge on any atom is -0.393 e. The van der Waals surface area contributed by atoms with Gasteiger partial charge in [-0.2, -0.15) is 0 Å². The van der Waals surface area contributed by atoms with E-state index in [0.29, 0.717) is 42.9 Å². The highest BCUT2D eigenvalue weighted by Crippen LogP contribution is 2.33. The van der Waals surface area contributed by atoms with E-state index < -0.39 is 0 Å². The van der Waals surface area contributed by atoms with Crippen LogP contribution in [-0.2, 0) is 15.9 Å². The average molecular weight is 684 g/mol. The topological polar surface area (TPSA) is 110 Å². The summed E-state index contributed by atoms with van der Waals surface area (Å²) in [4.78, 5) is 12.4. The van der Waals surface area contributed by atoms with Gasteiger partial charge in [0.05, 0.1) is 18.8 Å². The van der Waals surface area contributed by atoms with Gasteiger partial charge in [0.25, 0.3) is 0 Å². The minimum atomic E-state index is -0.189. The Kier molecular flexibility index (Phi) is 11.5. The molecule has 2 aliphatic heterocycles. The number of anilines is 3. The number of ether oxygens (including phenoxy) is 2. The predicted molar refractivity (Wildman–Crippen MR) is 205 cm³/mol. The fourth-order valence-electron chi connectivity index (χ4n) is 7.27. The number of rotatable bonds is 16. The van der Waals surface area contributed by atoms with Gasteiger partial charge in [-0.1, -0.05) is 121 Å². The SMILES string of the molecule is COCC1CCC(Nc2nc(CCNC3CN(C(c4ccccc4)c4ccccc4)C3)nc(NCC(c3ccccc3)c3ccccc3)c2N)O1. The van der Waals surface area contributed by atoms with Gasteiger partial charge in [-0.15, -0.1) is 0 Å². The zero-order valence-corrected chi connectivity index (χ0v) is 29.3. The number of hydrogen-bond donors (Lipinski definition) is 4. The summed E-state index contributed by atoms with van der Waals surface area (Å²) in [5.74, 6) is 2.08. The summed E-state index contributed by atoms with van der Waals surface area (Å²) in [6.45, 7) is 3.90. The van der Waals surface area contributed by atoms with Gasteiger partial charge in [-0.25, -0.2) is 9.97 Å². The quantitative estimate of drug-likeness (QED) is 0.0931. The molecule has 51 heavy (non-hydrogen) atoms. The van der Waals surface area contributed by atoms with Gasteiger partial charge in [0.15, 0.2) is 11.6 Å². The van der Waals surface area contributed by atoms with Crippen molar-refractivity contribution in [1.82, 2.24) is 20.2 Å². The van der Waals surface area contributed by atoms with Crippen molar-refractivity contribution >= 4 is 17.3 Å². The van der Waals surface area contributed by atoms with E-state index in [4.69, 9.17) is 25.2 Å². The van der Waals surface area contributed by atoms with Crippen molar-refractivity contribution in [3.05, 3.63) is 149 Å². The van der Waals surface area contributed by atoms with E-state index in [0.717, 1.165) is 38.3 Å². The maximum Gasteiger partial charge on any atom is 0.157 e. The van der Waals surface area contributed by atoms with Crippen LogP contribution in [0.5, 0.6) is 0 Å². The second-order valence-electron chi connectivity index (χ2n) is 13.5. The average Bonchev–Trinajstić information content (AvgIpc) is 3.60. The summed E-state index contributed by atoms with van der Waals surface area (Å²) in [7, 11) is 1.70. The summed E-state index contributed by atoms with van der Waals surface area (Å²) < 4.78 is 11.5. The van der Waals surface area contributed by atoms with Crippen LogP contribution in [0.25, 0.3) is 0 Å². The van der Waals surface area contributed by atoms with Crippen molar-refractivity contribution in [1.29, 1.82) is 0 Å². The molecule has 0 bridgehead atoms. The maximum absolute atomic E-state index is 6.78. The molecule has 2 atom stereocenters. The lowest BCUT2D eigenvalue weighted by molar-refractivity contribution is 0.00857. The number of hydrogen-bond acceptors (Lipinski definition) is 9. The summed E-state index contributed by atoms with van der Waals surface area (Å²) in [5, 5.41) is 10.9. The summed E-state index contributed by atoms with van der Waals surface area (Å²) >= 11 is 0. The second-order valence-corrected chi connectivity index (χ2v) is 13.5. The molecule has 0 spiro atoms. The van der Waals surface area contributed by atoms with E-state index >= 15 is 0 Å². The number of methoxy groups -OCH3 is 1. The zero-order valence-electron chi connectivity index (χ0n) is 29.3. The number of nitrogens with two attached hydrogens (primary N) is 1. The van der Waals surface area contributed by atoms with Crippen molar-refractivity contribution in [2.45, 2.75) is 49.6 Å². The van der Waals surface area contributed by atoms with Crippen molar-refractivity contribution in [2.75, 3.05) is 56.3 Å². The number of nitrogen functional groups attached to an aromatic ring is 1. The molecule has 0 radical (unpaired) electrons. The van der Waals surface area contributed by atoms with Crippen LogP contribution in [0.1, 0.15) is 52.9 Å². The summed E-state index contributed by atoms with van der Waals surface area (Å²) in [6, 6.07) is 43.3. The molecule has 3 heterocycles. The smallest absolute Gasteiger partial charge is 0.157 e. The van der Waals surface area contributed by atoms with E-state index in [2.05, 4.69) is 130 Å². The molecule has 2 aliphatic rings. The highest BCUT2D eigenvalue weighted by molar-refractivity contribution is 5.74. The molecule has 9 heteroatoms. The monoisotopic (exact) mass is 683 g/mol. The first-order chi connectivity index (χ1) is 25.1. The lowest BCUT2D eigenvalue weighted by Gasteiger charge is -2.45. The molecule has 264 valence electrons. The Labute approximate surface area is 301 Å². The Morgan fingerprint density at radius 3 is 1.88 bits per heavy atom. The Balaban J connectivity index is 1.04. The van der Waals surface area contributed by atoms with E-state index in [1.807, 2.05) is 12.1 Å². The first-order valence-electron chi connectivity index (χ1n) is 18.1. The third-order valence-electron chi connectivity index (χ3n) is 9.91. The van der Waals surface area contributed by atoms with Crippen LogP contribution in [0.2, 0.25) is 0 Å². The highest BCUT2D eigenvalue weighted by Gasteiger charge is 2.34. The van der Waals surface area contributed by atoms with Gasteiger partial charge in [0.2, 0.25) is 0 Å². The number of likely N-dealkylation sites (tertiary alicyclic amines) is 1. The fraction of sp³-hybridized carbons (Fsp3) is 0.333. The Hall–Kier alpha value is -4.80. The molecule has 5 N–H and O–H groups in total. The highest BCUT2D eigenvalue weighted by atomic mass is 16.5. The molecule has 0 aliphatic carbocycles. The minimum absolute atomic E-state index is 0.0553. The van der Waals surface area contributed by atoms with Gasteiger partial charge < -0.3 is 31.2 Å². The first kappa shape index (κ1) is 34.6. The maximum atomic E-state index is 6.78. The predicted octanol–water partition coefficient (Wildman–Crippen LogP) is 6.47. The van der Waals surface area contributed by atoms with Crippen LogP contribution in [0.15, 0.2) is 121 Å². The Morgan fingerprint density at radius 1 is 0.765 bits per heavy atom. The van der Waals surface area contributed by atoms with Gasteiger partial charge >= 0.3 is 0 Å².